The number of hydrogen-bond donors (Lipinski definition) is 2. The Hall–Kier alpha value is -0.280. The summed E-state index contributed by atoms with van der Waals surface area (Å²) in [5, 5.41) is 6.45. The maximum absolute atomic E-state index is 11.9. The molecule has 3 nitrogen and oxygen atoms in total. The third kappa shape index (κ3) is 7.17. The van der Waals surface area contributed by atoms with E-state index in [1.54, 1.807) is 0 Å². The van der Waals surface area contributed by atoms with Gasteiger partial charge in [-0.15, -0.1) is 12.4 Å². The summed E-state index contributed by atoms with van der Waals surface area (Å²) < 4.78 is 0. The number of piperidine rings is 1. The molecule has 19 heavy (non-hydrogen) atoms. The molecule has 0 aromatic heterocycles. The van der Waals surface area contributed by atoms with Gasteiger partial charge in [-0.3, -0.25) is 4.79 Å². The van der Waals surface area contributed by atoms with Crippen LogP contribution in [0.3, 0.4) is 0 Å². The van der Waals surface area contributed by atoms with Gasteiger partial charge in [0.25, 0.3) is 0 Å². The first-order valence-corrected chi connectivity index (χ1v) is 7.48. The summed E-state index contributed by atoms with van der Waals surface area (Å²) in [6, 6.07) is 0. The van der Waals surface area contributed by atoms with E-state index in [1.807, 2.05) is 0 Å². The molecule has 2 N–H and O–H groups in total. The van der Waals surface area contributed by atoms with Crippen molar-refractivity contribution in [3.63, 3.8) is 0 Å². The molecule has 114 valence electrons. The van der Waals surface area contributed by atoms with Crippen molar-refractivity contribution in [2.24, 2.45) is 23.7 Å². The SMILES string of the molecule is CC(C)C(C)CNC(=O)CC(C)C1CCNCC1.Cl. The Morgan fingerprint density at radius 3 is 2.32 bits per heavy atom. The summed E-state index contributed by atoms with van der Waals surface area (Å²) in [6.45, 7) is 11.9. The standard InChI is InChI=1S/C15H30N2O.ClH/c1-11(2)13(4)10-17-15(18)9-12(3)14-5-7-16-8-6-14;/h11-14,16H,5-10H2,1-4H3,(H,17,18);1H. The first kappa shape index (κ1) is 18.7. The second-order valence-electron chi connectivity index (χ2n) is 6.29. The van der Waals surface area contributed by atoms with Gasteiger partial charge in [-0.05, 0) is 49.6 Å². The van der Waals surface area contributed by atoms with E-state index in [9.17, 15) is 4.79 Å². The van der Waals surface area contributed by atoms with Crippen molar-refractivity contribution >= 4 is 18.3 Å². The Kier molecular flexibility index (Phi) is 9.46. The summed E-state index contributed by atoms with van der Waals surface area (Å²) >= 11 is 0. The highest BCUT2D eigenvalue weighted by molar-refractivity contribution is 5.85. The van der Waals surface area contributed by atoms with E-state index in [-0.39, 0.29) is 18.3 Å². The number of carbonyl (C=O) groups excluding carboxylic acids is 1. The van der Waals surface area contributed by atoms with Gasteiger partial charge in [0, 0.05) is 13.0 Å². The number of nitrogens with one attached hydrogen (secondary N) is 2. The van der Waals surface area contributed by atoms with E-state index in [0.29, 0.717) is 24.2 Å². The lowest BCUT2D eigenvalue weighted by Crippen LogP contribution is -2.35. The van der Waals surface area contributed by atoms with Crippen LogP contribution >= 0.6 is 12.4 Å². The van der Waals surface area contributed by atoms with Crippen LogP contribution in [0.15, 0.2) is 0 Å². The van der Waals surface area contributed by atoms with Gasteiger partial charge in [-0.25, -0.2) is 0 Å². The minimum Gasteiger partial charge on any atom is -0.356 e. The quantitative estimate of drug-likeness (QED) is 0.790. The fourth-order valence-corrected chi connectivity index (χ4v) is 2.46. The molecule has 0 aromatic carbocycles. The Morgan fingerprint density at radius 1 is 1.21 bits per heavy atom. The summed E-state index contributed by atoms with van der Waals surface area (Å²) in [5.74, 6) is 2.66. The Bertz CT molecular complexity index is 253. The Balaban J connectivity index is 0.00000324. The maximum atomic E-state index is 11.9. The van der Waals surface area contributed by atoms with Gasteiger partial charge in [0.1, 0.15) is 0 Å². The fraction of sp³-hybridized carbons (Fsp3) is 0.933. The lowest BCUT2D eigenvalue weighted by Gasteiger charge is -2.28. The van der Waals surface area contributed by atoms with Gasteiger partial charge in [0.15, 0.2) is 0 Å². The minimum absolute atomic E-state index is 0. The second-order valence-corrected chi connectivity index (χ2v) is 6.29. The minimum atomic E-state index is 0. The van der Waals surface area contributed by atoms with Crippen LogP contribution in [0.5, 0.6) is 0 Å². The molecule has 2 unspecified atom stereocenters. The van der Waals surface area contributed by atoms with Crippen LogP contribution in [-0.4, -0.2) is 25.5 Å². The first-order chi connectivity index (χ1) is 8.50. The predicted octanol–water partition coefficient (Wildman–Crippen LogP) is 2.84. The van der Waals surface area contributed by atoms with E-state index >= 15 is 0 Å². The molecule has 0 bridgehead atoms. The van der Waals surface area contributed by atoms with E-state index in [4.69, 9.17) is 0 Å². The molecule has 1 rings (SSSR count). The van der Waals surface area contributed by atoms with Gasteiger partial charge in [0.2, 0.25) is 5.91 Å². The van der Waals surface area contributed by atoms with Gasteiger partial charge >= 0.3 is 0 Å². The van der Waals surface area contributed by atoms with Crippen LogP contribution in [0.1, 0.15) is 47.0 Å². The maximum Gasteiger partial charge on any atom is 0.220 e. The van der Waals surface area contributed by atoms with Crippen molar-refractivity contribution in [2.75, 3.05) is 19.6 Å². The van der Waals surface area contributed by atoms with Crippen LogP contribution in [-0.2, 0) is 4.79 Å². The lowest BCUT2D eigenvalue weighted by atomic mass is 9.84. The Labute approximate surface area is 124 Å². The highest BCUT2D eigenvalue weighted by Crippen LogP contribution is 2.24. The first-order valence-electron chi connectivity index (χ1n) is 7.48. The molecule has 1 heterocycles. The van der Waals surface area contributed by atoms with Crippen LogP contribution < -0.4 is 10.6 Å². The van der Waals surface area contributed by atoms with Gasteiger partial charge < -0.3 is 10.6 Å². The fourth-order valence-electron chi connectivity index (χ4n) is 2.46. The topological polar surface area (TPSA) is 41.1 Å². The molecule has 4 heteroatoms. The zero-order valence-corrected chi connectivity index (χ0v) is 13.7. The molecule has 1 aliphatic rings. The third-order valence-corrected chi connectivity index (χ3v) is 4.46. The largest absolute Gasteiger partial charge is 0.356 e. The van der Waals surface area contributed by atoms with E-state index in [0.717, 1.165) is 25.6 Å². The van der Waals surface area contributed by atoms with Gasteiger partial charge in [0.05, 0.1) is 0 Å². The monoisotopic (exact) mass is 290 g/mol. The number of halogens is 1. The van der Waals surface area contributed by atoms with Gasteiger partial charge in [-0.1, -0.05) is 27.7 Å². The highest BCUT2D eigenvalue weighted by atomic mass is 35.5. The molecule has 2 atom stereocenters. The molecule has 0 radical (unpaired) electrons. The van der Waals surface area contributed by atoms with Crippen LogP contribution in [0.2, 0.25) is 0 Å². The molecule has 1 amide bonds. The molecule has 0 aliphatic carbocycles. The van der Waals surface area contributed by atoms with Crippen molar-refractivity contribution in [2.45, 2.75) is 47.0 Å². The average molecular weight is 291 g/mol. The number of hydrogen-bond acceptors (Lipinski definition) is 2. The molecule has 1 aliphatic heterocycles. The van der Waals surface area contributed by atoms with Crippen molar-refractivity contribution in [3.8, 4) is 0 Å². The molecule has 0 saturated carbocycles. The van der Waals surface area contributed by atoms with E-state index in [1.165, 1.54) is 12.8 Å². The van der Waals surface area contributed by atoms with E-state index in [2.05, 4.69) is 38.3 Å². The molecular formula is C15H31ClN2O. The van der Waals surface area contributed by atoms with Crippen molar-refractivity contribution in [1.29, 1.82) is 0 Å². The highest BCUT2D eigenvalue weighted by Gasteiger charge is 2.22. The smallest absolute Gasteiger partial charge is 0.220 e. The third-order valence-electron chi connectivity index (χ3n) is 4.46. The van der Waals surface area contributed by atoms with Crippen LogP contribution in [0.4, 0.5) is 0 Å². The summed E-state index contributed by atoms with van der Waals surface area (Å²) in [4.78, 5) is 11.9. The Morgan fingerprint density at radius 2 is 1.79 bits per heavy atom. The summed E-state index contributed by atoms with van der Waals surface area (Å²) in [7, 11) is 0. The molecule has 1 fully saturated rings. The van der Waals surface area contributed by atoms with Crippen molar-refractivity contribution in [3.05, 3.63) is 0 Å². The predicted molar refractivity (Wildman–Crippen MR) is 83.6 cm³/mol. The van der Waals surface area contributed by atoms with Crippen molar-refractivity contribution < 1.29 is 4.79 Å². The van der Waals surface area contributed by atoms with Crippen LogP contribution in [0, 0.1) is 23.7 Å². The molecular weight excluding hydrogens is 260 g/mol. The molecule has 0 spiro atoms. The molecule has 0 aromatic rings. The zero-order chi connectivity index (χ0) is 13.5. The average Bonchev–Trinajstić information content (AvgIpc) is 2.36. The normalized spacial score (nSPS) is 19.6. The van der Waals surface area contributed by atoms with Gasteiger partial charge in [-0.2, -0.15) is 0 Å². The number of rotatable bonds is 6. The second kappa shape index (κ2) is 9.60. The van der Waals surface area contributed by atoms with Crippen molar-refractivity contribution in [1.82, 2.24) is 10.6 Å². The number of carbonyl (C=O) groups is 1. The summed E-state index contributed by atoms with van der Waals surface area (Å²) in [5.41, 5.74) is 0. The lowest BCUT2D eigenvalue weighted by molar-refractivity contribution is -0.122. The molecule has 1 saturated heterocycles. The number of amides is 1. The summed E-state index contributed by atoms with van der Waals surface area (Å²) in [6.07, 6.45) is 3.13. The van der Waals surface area contributed by atoms with Crippen LogP contribution in [0.25, 0.3) is 0 Å². The van der Waals surface area contributed by atoms with E-state index < -0.39 is 0 Å². The zero-order valence-electron chi connectivity index (χ0n) is 12.9.